The van der Waals surface area contributed by atoms with Crippen LogP contribution in [0.3, 0.4) is 0 Å². The van der Waals surface area contributed by atoms with E-state index in [0.29, 0.717) is 11.0 Å². The minimum absolute atomic E-state index is 0.0207. The second-order valence-electron chi connectivity index (χ2n) is 13.6. The summed E-state index contributed by atoms with van der Waals surface area (Å²) in [6.45, 7) is 0.280. The predicted octanol–water partition coefficient (Wildman–Crippen LogP) is -1.94. The third kappa shape index (κ3) is 15.1. The van der Waals surface area contributed by atoms with Crippen molar-refractivity contribution < 1.29 is 90.5 Å². The molecule has 1 aromatic carbocycles. The number of phosphoric acid groups is 3. The van der Waals surface area contributed by atoms with E-state index in [9.17, 15) is 57.9 Å². The molecule has 2 aromatic heterocycles. The van der Waals surface area contributed by atoms with E-state index in [1.54, 1.807) is 12.1 Å². The number of fused-ring (bicyclic) bond motifs is 1. The second-order valence-corrected chi connectivity index (χ2v) is 18.9. The summed E-state index contributed by atoms with van der Waals surface area (Å²) < 4.78 is 62.2. The number of ether oxygens (including phenoxy) is 1. The molecular weight excluding hydrogens is 898 g/mol. The number of benzene rings is 1. The normalized spacial score (nSPS) is 20.9. The van der Waals surface area contributed by atoms with Crippen LogP contribution in [0.15, 0.2) is 43.0 Å². The topological polar surface area (TPSA) is 404 Å². The zero-order chi connectivity index (χ0) is 45.3. The summed E-state index contributed by atoms with van der Waals surface area (Å²) in [5.74, 6) is -1.32. The minimum atomic E-state index is -5.59. The van der Waals surface area contributed by atoms with Crippen molar-refractivity contribution in [1.82, 2.24) is 30.2 Å². The van der Waals surface area contributed by atoms with Crippen molar-refractivity contribution in [3.63, 3.8) is 0 Å². The van der Waals surface area contributed by atoms with Crippen LogP contribution < -0.4 is 21.8 Å². The monoisotopic (exact) mass is 941 g/mol. The maximum atomic E-state index is 12.7. The molecule has 26 nitrogen and oxygen atoms in total. The molecule has 0 bridgehead atoms. The Morgan fingerprint density at radius 1 is 1.03 bits per heavy atom. The number of imidazole rings is 1. The Labute approximate surface area is 350 Å². The molecule has 61 heavy (non-hydrogen) atoms. The highest BCUT2D eigenvalue weighted by Gasteiger charge is 2.50. The van der Waals surface area contributed by atoms with Crippen LogP contribution in [-0.4, -0.2) is 140 Å². The Hall–Kier alpha value is -3.50. The molecule has 336 valence electrons. The summed E-state index contributed by atoms with van der Waals surface area (Å²) in [5, 5.41) is 44.3. The Kier molecular flexibility index (Phi) is 17.5. The van der Waals surface area contributed by atoms with Crippen molar-refractivity contribution in [1.29, 1.82) is 0 Å². The van der Waals surface area contributed by atoms with Gasteiger partial charge in [-0.3, -0.25) is 32.5 Å². The molecule has 3 aromatic rings. The summed E-state index contributed by atoms with van der Waals surface area (Å²) >= 11 is 0.931. The van der Waals surface area contributed by atoms with E-state index in [1.807, 2.05) is 0 Å². The maximum Gasteiger partial charge on any atom is 0.488 e. The van der Waals surface area contributed by atoms with Gasteiger partial charge < -0.3 is 60.9 Å². The average Bonchev–Trinajstić information content (AvgIpc) is 3.73. The van der Waals surface area contributed by atoms with Gasteiger partial charge in [-0.05, 0) is 17.1 Å². The number of hydrogen-bond acceptors (Lipinski definition) is 20. The van der Waals surface area contributed by atoms with Crippen LogP contribution in [0.5, 0.6) is 0 Å². The van der Waals surface area contributed by atoms with E-state index >= 15 is 0 Å². The van der Waals surface area contributed by atoms with Crippen LogP contribution >= 0.6 is 35.2 Å². The lowest BCUT2D eigenvalue weighted by atomic mass is 9.80. The molecule has 1 aliphatic rings. The number of phosphoric ester groups is 3. The van der Waals surface area contributed by atoms with Gasteiger partial charge in [0, 0.05) is 30.7 Å². The quantitative estimate of drug-likeness (QED) is 0.0226. The summed E-state index contributed by atoms with van der Waals surface area (Å²) in [6, 6.07) is 6.19. The van der Waals surface area contributed by atoms with Gasteiger partial charge in [0.05, 0.1) is 19.5 Å². The number of aliphatic hydroxyl groups excluding tert-OH is 2. The number of amides is 2. The number of anilines is 1. The van der Waals surface area contributed by atoms with E-state index in [1.165, 1.54) is 38.1 Å². The van der Waals surface area contributed by atoms with Gasteiger partial charge in [0.15, 0.2) is 17.7 Å². The fourth-order valence-electron chi connectivity index (χ4n) is 5.27. The number of rotatable bonds is 22. The predicted molar refractivity (Wildman–Crippen MR) is 212 cm³/mol. The molecule has 7 unspecified atom stereocenters. The molecule has 1 saturated heterocycles. The first kappa shape index (κ1) is 50.2. The first-order valence-corrected chi connectivity index (χ1v) is 23.1. The molecule has 31 heteroatoms. The molecule has 0 aliphatic carbocycles. The van der Waals surface area contributed by atoms with Gasteiger partial charge in [0.25, 0.3) is 0 Å². The third-order valence-corrected chi connectivity index (χ3v) is 12.3. The molecule has 0 saturated carbocycles. The lowest BCUT2D eigenvalue weighted by Gasteiger charge is -2.30. The largest absolute Gasteiger partial charge is 0.488 e. The van der Waals surface area contributed by atoms with Gasteiger partial charge in [-0.25, -0.2) is 28.6 Å². The lowest BCUT2D eigenvalue weighted by Crippen LogP contribution is -2.46. The first-order chi connectivity index (χ1) is 28.4. The van der Waals surface area contributed by atoms with Crippen LogP contribution in [0.1, 0.15) is 32.1 Å². The van der Waals surface area contributed by atoms with E-state index in [-0.39, 0.29) is 47.4 Å². The number of nitrogens with two attached hydrogens (primary N) is 1. The Balaban J connectivity index is 1.19. The van der Waals surface area contributed by atoms with E-state index in [0.717, 1.165) is 29.0 Å². The van der Waals surface area contributed by atoms with Crippen molar-refractivity contribution in [2.75, 3.05) is 37.8 Å². The number of aromatic nitrogens is 4. The average molecular weight is 942 g/mol. The lowest BCUT2D eigenvalue weighted by molar-refractivity contribution is -0.137. The molecule has 0 spiro atoms. The van der Waals surface area contributed by atoms with E-state index < -0.39 is 91.7 Å². The molecule has 0 radical (unpaired) electrons. The van der Waals surface area contributed by atoms with Crippen molar-refractivity contribution >= 4 is 87.8 Å². The zero-order valence-corrected chi connectivity index (χ0v) is 35.5. The molecule has 12 N–H and O–H groups in total. The molecule has 1 fully saturated rings. The number of nitrogens with zero attached hydrogens (tertiary/aromatic N) is 4. The number of carbonyl (C=O) groups excluding carboxylic acids is 3. The summed E-state index contributed by atoms with van der Waals surface area (Å²) in [7, 11) is -18.1. The highest BCUT2D eigenvalue weighted by Crippen LogP contribution is 2.61. The Bertz CT molecular complexity index is 2200. The SMILES string of the molecule is CC(C)(COP(=O)(O)OP(=O)(O)OCC1OC(n2cnc3c(N)ncnc32)C(O)C1OP(=O)(O)O)C(O)C(=O)NCCC(=O)NCCSC(=O)/C=C/c1ccc(B(O)O)cc1. The van der Waals surface area contributed by atoms with Gasteiger partial charge in [0.1, 0.15) is 36.3 Å². The fourth-order valence-corrected chi connectivity index (χ4v) is 8.67. The summed E-state index contributed by atoms with van der Waals surface area (Å²) in [6.07, 6.45) is -4.21. The Morgan fingerprint density at radius 2 is 1.70 bits per heavy atom. The second kappa shape index (κ2) is 21.3. The van der Waals surface area contributed by atoms with Crippen molar-refractivity contribution in [2.45, 2.75) is 50.9 Å². The highest BCUT2D eigenvalue weighted by molar-refractivity contribution is 8.14. The van der Waals surface area contributed by atoms with Gasteiger partial charge in [-0.15, -0.1) is 0 Å². The summed E-state index contributed by atoms with van der Waals surface area (Å²) in [4.78, 5) is 87.9. The zero-order valence-electron chi connectivity index (χ0n) is 32.0. The fraction of sp³-hybridized carbons (Fsp3) is 0.467. The number of hydrogen-bond donors (Lipinski definition) is 11. The molecule has 3 heterocycles. The third-order valence-electron chi connectivity index (χ3n) is 8.39. The molecule has 4 rings (SSSR count). The number of aliphatic hydroxyl groups is 2. The highest BCUT2D eigenvalue weighted by atomic mass is 32.2. The smallest absolute Gasteiger partial charge is 0.423 e. The van der Waals surface area contributed by atoms with Gasteiger partial charge in [0.2, 0.25) is 16.9 Å². The van der Waals surface area contributed by atoms with E-state index in [4.69, 9.17) is 29.6 Å². The minimum Gasteiger partial charge on any atom is -0.423 e. The molecule has 7 atom stereocenters. The van der Waals surface area contributed by atoms with Gasteiger partial charge in [-0.1, -0.05) is 56.0 Å². The van der Waals surface area contributed by atoms with Crippen LogP contribution in [0, 0.1) is 5.41 Å². The van der Waals surface area contributed by atoms with Crippen molar-refractivity contribution in [2.24, 2.45) is 5.41 Å². The molecule has 1 aliphatic heterocycles. The van der Waals surface area contributed by atoms with E-state index in [2.05, 4.69) is 34.4 Å². The van der Waals surface area contributed by atoms with Gasteiger partial charge in [-0.2, -0.15) is 4.31 Å². The van der Waals surface area contributed by atoms with Crippen LogP contribution in [0.4, 0.5) is 5.82 Å². The van der Waals surface area contributed by atoms with Crippen molar-refractivity contribution in [3.8, 4) is 0 Å². The van der Waals surface area contributed by atoms with Crippen LogP contribution in [0.2, 0.25) is 0 Å². The first-order valence-electron chi connectivity index (χ1n) is 17.6. The van der Waals surface area contributed by atoms with Gasteiger partial charge >= 0.3 is 30.6 Å². The molecule has 2 amide bonds. The maximum absolute atomic E-state index is 12.7. The van der Waals surface area contributed by atoms with Crippen LogP contribution in [-0.2, 0) is 50.7 Å². The van der Waals surface area contributed by atoms with Crippen molar-refractivity contribution in [3.05, 3.63) is 48.6 Å². The number of nitrogen functional groups attached to an aromatic ring is 1. The molecular formula is C30H43BN7O19P3S. The standard InChI is InChI=1S/C30H43BN7O19P3S/c1-30(2,25(42)28(43)34-10-9-20(39)33-11-12-61-21(40)8-5-17-3-6-18(7-4-17)31(44)45)14-54-60(51,52)57-59(49,50)53-13-19-24(56-58(46,47)48)23(41)29(55-19)38-16-37-22-26(32)35-15-36-27(22)38/h3-8,15-16,19,23-25,29,41-42,44-45H,9-14H2,1-2H3,(H,33,39)(H,34,43)(H,49,50)(H,51,52)(H2,32,35,36)(H2,46,47,48)/b8-5+. The number of nitrogens with one attached hydrogen (secondary N) is 2. The summed E-state index contributed by atoms with van der Waals surface area (Å²) in [5.41, 5.74) is 5.16. The van der Waals surface area contributed by atoms with Crippen LogP contribution in [0.25, 0.3) is 17.2 Å². The number of thioether (sulfide) groups is 1. The number of carbonyl (C=O) groups is 3. The Morgan fingerprint density at radius 3 is 2.36 bits per heavy atom.